The quantitative estimate of drug-likeness (QED) is 0.872. The van der Waals surface area contributed by atoms with E-state index in [0.29, 0.717) is 17.0 Å². The van der Waals surface area contributed by atoms with E-state index in [0.717, 1.165) is 37.5 Å². The van der Waals surface area contributed by atoms with Gasteiger partial charge in [-0.2, -0.15) is 0 Å². The van der Waals surface area contributed by atoms with Crippen molar-refractivity contribution < 1.29 is 4.79 Å². The van der Waals surface area contributed by atoms with Gasteiger partial charge in [0.1, 0.15) is 0 Å². The molecule has 4 fully saturated rings. The molecule has 6 nitrogen and oxygen atoms in total. The van der Waals surface area contributed by atoms with E-state index in [1.807, 2.05) is 23.1 Å². The van der Waals surface area contributed by atoms with Crippen LogP contribution < -0.4 is 5.56 Å². The first-order chi connectivity index (χ1) is 13.2. The van der Waals surface area contributed by atoms with Crippen LogP contribution in [-0.4, -0.2) is 77.4 Å². The number of carbonyl (C=O) groups is 1. The van der Waals surface area contributed by atoms with Crippen LogP contribution in [-0.2, 0) is 0 Å². The highest BCUT2D eigenvalue weighted by Gasteiger charge is 2.38. The molecule has 0 spiro atoms. The number of fused-ring (bicyclic) bond motifs is 4. The van der Waals surface area contributed by atoms with Crippen LogP contribution in [0.15, 0.2) is 35.3 Å². The van der Waals surface area contributed by atoms with Crippen LogP contribution in [0.25, 0.3) is 10.8 Å². The van der Waals surface area contributed by atoms with Crippen molar-refractivity contribution in [2.45, 2.75) is 18.9 Å². The standard InChI is InChI=1S/C21H26N4O2/c26-20-17-4-2-1-3-16(17)18(13-22-20)21(27)25-11-9-24(10-12-25)19-14-23-7-5-15(19)6-8-23/h1-4,13,15,19H,5-12,14H2,(H,22,26)/t19-/m1/s1. The molecule has 0 aliphatic carbocycles. The lowest BCUT2D eigenvalue weighted by molar-refractivity contribution is -0.0130. The summed E-state index contributed by atoms with van der Waals surface area (Å²) in [6, 6.07) is 8.01. The molecule has 6 rings (SSSR count). The average Bonchev–Trinajstić information content (AvgIpc) is 2.75. The zero-order valence-corrected chi connectivity index (χ0v) is 15.6. The maximum absolute atomic E-state index is 13.1. The minimum absolute atomic E-state index is 0.0241. The largest absolute Gasteiger partial charge is 0.336 e. The smallest absolute Gasteiger partial charge is 0.256 e. The summed E-state index contributed by atoms with van der Waals surface area (Å²) in [6.45, 7) is 7.13. The maximum Gasteiger partial charge on any atom is 0.256 e. The third-order valence-corrected chi connectivity index (χ3v) is 6.73. The van der Waals surface area contributed by atoms with E-state index >= 15 is 0 Å². The molecule has 0 saturated carbocycles. The van der Waals surface area contributed by atoms with E-state index in [1.165, 1.54) is 32.5 Å². The number of carbonyl (C=O) groups excluding carboxylic acids is 1. The van der Waals surface area contributed by atoms with Crippen LogP contribution in [0.4, 0.5) is 0 Å². The molecule has 142 valence electrons. The number of hydrogen-bond donors (Lipinski definition) is 1. The molecule has 1 N–H and O–H groups in total. The fraction of sp³-hybridized carbons (Fsp3) is 0.524. The Bertz CT molecular complexity index is 908. The molecule has 4 aliphatic heterocycles. The van der Waals surface area contributed by atoms with Gasteiger partial charge in [0.25, 0.3) is 11.5 Å². The van der Waals surface area contributed by atoms with Crippen molar-refractivity contribution in [2.24, 2.45) is 5.92 Å². The molecule has 0 radical (unpaired) electrons. The zero-order chi connectivity index (χ0) is 18.4. The molecule has 4 saturated heterocycles. The molecular formula is C21H26N4O2. The summed E-state index contributed by atoms with van der Waals surface area (Å²) in [5.74, 6) is 0.858. The first-order valence-electron chi connectivity index (χ1n) is 10.1. The van der Waals surface area contributed by atoms with Crippen LogP contribution in [0.2, 0.25) is 0 Å². The van der Waals surface area contributed by atoms with Gasteiger partial charge in [-0.1, -0.05) is 18.2 Å². The van der Waals surface area contributed by atoms with Crippen LogP contribution in [0, 0.1) is 5.92 Å². The fourth-order valence-corrected chi connectivity index (χ4v) is 5.16. The Hall–Kier alpha value is -2.18. The molecule has 1 aromatic heterocycles. The number of benzene rings is 1. The number of piperazine rings is 1. The summed E-state index contributed by atoms with van der Waals surface area (Å²) >= 11 is 0. The normalized spacial score (nSPS) is 28.6. The summed E-state index contributed by atoms with van der Waals surface area (Å²) in [5, 5.41) is 1.32. The highest BCUT2D eigenvalue weighted by Crippen LogP contribution is 2.31. The molecule has 5 heterocycles. The topological polar surface area (TPSA) is 59.7 Å². The number of nitrogens with zero attached hydrogens (tertiary/aromatic N) is 3. The number of hydrogen-bond acceptors (Lipinski definition) is 4. The van der Waals surface area contributed by atoms with Crippen LogP contribution in [0.5, 0.6) is 0 Å². The number of aromatic nitrogens is 1. The summed E-state index contributed by atoms with van der Waals surface area (Å²) in [6.07, 6.45) is 4.23. The highest BCUT2D eigenvalue weighted by atomic mass is 16.2. The Morgan fingerprint density at radius 3 is 2.33 bits per heavy atom. The van der Waals surface area contributed by atoms with Crippen molar-refractivity contribution in [3.63, 3.8) is 0 Å². The van der Waals surface area contributed by atoms with E-state index in [-0.39, 0.29) is 11.5 Å². The lowest BCUT2D eigenvalue weighted by Gasteiger charge is -2.51. The number of rotatable bonds is 2. The number of nitrogens with one attached hydrogen (secondary N) is 1. The Balaban J connectivity index is 1.31. The molecule has 2 bridgehead atoms. The van der Waals surface area contributed by atoms with E-state index < -0.39 is 0 Å². The van der Waals surface area contributed by atoms with Gasteiger partial charge in [-0.05, 0) is 37.9 Å². The van der Waals surface area contributed by atoms with Crippen LogP contribution in [0.1, 0.15) is 23.2 Å². The van der Waals surface area contributed by atoms with E-state index in [4.69, 9.17) is 0 Å². The second-order valence-electron chi connectivity index (χ2n) is 8.11. The molecule has 1 aromatic carbocycles. The summed E-state index contributed by atoms with van der Waals surface area (Å²) < 4.78 is 0. The average molecular weight is 366 g/mol. The molecular weight excluding hydrogens is 340 g/mol. The predicted octanol–water partition coefficient (Wildman–Crippen LogP) is 1.38. The van der Waals surface area contributed by atoms with E-state index in [9.17, 15) is 9.59 Å². The van der Waals surface area contributed by atoms with Gasteiger partial charge in [-0.3, -0.25) is 14.5 Å². The number of aromatic amines is 1. The van der Waals surface area contributed by atoms with Crippen molar-refractivity contribution in [1.82, 2.24) is 19.7 Å². The van der Waals surface area contributed by atoms with Gasteiger partial charge in [0.05, 0.1) is 5.56 Å². The van der Waals surface area contributed by atoms with Crippen molar-refractivity contribution in [3.05, 3.63) is 46.4 Å². The number of amides is 1. The Morgan fingerprint density at radius 2 is 1.67 bits per heavy atom. The second kappa shape index (κ2) is 6.77. The van der Waals surface area contributed by atoms with Gasteiger partial charge >= 0.3 is 0 Å². The van der Waals surface area contributed by atoms with Gasteiger partial charge in [0.15, 0.2) is 0 Å². The van der Waals surface area contributed by atoms with Crippen molar-refractivity contribution in [1.29, 1.82) is 0 Å². The van der Waals surface area contributed by atoms with Gasteiger partial charge in [0.2, 0.25) is 0 Å². The Labute approximate surface area is 158 Å². The third kappa shape index (κ3) is 2.97. The minimum atomic E-state index is -0.144. The molecule has 27 heavy (non-hydrogen) atoms. The Kier molecular flexibility index (Phi) is 4.25. The third-order valence-electron chi connectivity index (χ3n) is 6.73. The maximum atomic E-state index is 13.1. The SMILES string of the molecule is O=C(c1c[nH]c(=O)c2ccccc12)N1CCN([C@@H]2CN3CCC2CC3)CC1. The van der Waals surface area contributed by atoms with Gasteiger partial charge in [-0.15, -0.1) is 0 Å². The molecule has 2 aromatic rings. The molecule has 6 heteroatoms. The fourth-order valence-electron chi connectivity index (χ4n) is 5.16. The van der Waals surface area contributed by atoms with Gasteiger partial charge < -0.3 is 14.8 Å². The van der Waals surface area contributed by atoms with Gasteiger partial charge in [0, 0.05) is 55.7 Å². The first-order valence-corrected chi connectivity index (χ1v) is 10.1. The van der Waals surface area contributed by atoms with Crippen LogP contribution in [0.3, 0.4) is 0 Å². The summed E-state index contributed by atoms with van der Waals surface area (Å²) in [7, 11) is 0. The predicted molar refractivity (Wildman–Crippen MR) is 105 cm³/mol. The number of pyridine rings is 1. The van der Waals surface area contributed by atoms with Crippen LogP contribution >= 0.6 is 0 Å². The molecule has 0 unspecified atom stereocenters. The van der Waals surface area contributed by atoms with E-state index in [2.05, 4.69) is 14.8 Å². The number of H-pyrrole nitrogens is 1. The summed E-state index contributed by atoms with van der Waals surface area (Å²) in [4.78, 5) is 35.0. The first kappa shape index (κ1) is 17.0. The molecule has 1 atom stereocenters. The number of piperidine rings is 3. The zero-order valence-electron chi connectivity index (χ0n) is 15.6. The van der Waals surface area contributed by atoms with E-state index in [1.54, 1.807) is 12.3 Å². The lowest BCUT2D eigenvalue weighted by atomic mass is 9.83. The second-order valence-corrected chi connectivity index (χ2v) is 8.11. The Morgan fingerprint density at radius 1 is 0.963 bits per heavy atom. The highest BCUT2D eigenvalue weighted by molar-refractivity contribution is 6.06. The molecule has 4 aliphatic rings. The van der Waals surface area contributed by atoms with Gasteiger partial charge in [-0.25, -0.2) is 0 Å². The monoisotopic (exact) mass is 366 g/mol. The van der Waals surface area contributed by atoms with Crippen molar-refractivity contribution >= 4 is 16.7 Å². The lowest BCUT2D eigenvalue weighted by Crippen LogP contribution is -2.61. The summed E-state index contributed by atoms with van der Waals surface area (Å²) in [5.41, 5.74) is 0.454. The van der Waals surface area contributed by atoms with Crippen molar-refractivity contribution in [3.8, 4) is 0 Å². The van der Waals surface area contributed by atoms with Crippen molar-refractivity contribution in [2.75, 3.05) is 45.8 Å². The minimum Gasteiger partial charge on any atom is -0.336 e. The molecule has 1 amide bonds.